The van der Waals surface area contributed by atoms with Crippen molar-refractivity contribution in [3.05, 3.63) is 65.7 Å². The van der Waals surface area contributed by atoms with Gasteiger partial charge in [0.2, 0.25) is 0 Å². The zero-order valence-corrected chi connectivity index (χ0v) is 14.8. The number of likely N-dealkylation sites (tertiary alicyclic amines) is 1. The molecule has 0 aromatic heterocycles. The fourth-order valence-electron chi connectivity index (χ4n) is 3.33. The van der Waals surface area contributed by atoms with Crippen LogP contribution in [0.5, 0.6) is 0 Å². The smallest absolute Gasteiger partial charge is 0.313 e. The molecule has 2 atom stereocenters. The van der Waals surface area contributed by atoms with Gasteiger partial charge in [-0.05, 0) is 43.0 Å². The Balaban J connectivity index is 1.72. The van der Waals surface area contributed by atoms with E-state index in [4.69, 9.17) is 5.26 Å². The summed E-state index contributed by atoms with van der Waals surface area (Å²) in [6.07, 6.45) is -0.0193. The SMILES string of the molecule is N#Cc1cccc(NC(=O)C(=O)N2CCC(F)CC2Cc2ccccc2)c1. The normalized spacial score (nSPS) is 19.2. The number of anilines is 1. The number of carbonyl (C=O) groups is 2. The fourth-order valence-corrected chi connectivity index (χ4v) is 3.33. The van der Waals surface area contributed by atoms with E-state index in [9.17, 15) is 14.0 Å². The number of hydrogen-bond acceptors (Lipinski definition) is 3. The van der Waals surface area contributed by atoms with Crippen LogP contribution in [0.2, 0.25) is 0 Å². The largest absolute Gasteiger partial charge is 0.331 e. The Kier molecular flexibility index (Phi) is 5.82. The van der Waals surface area contributed by atoms with Gasteiger partial charge in [0, 0.05) is 18.3 Å². The first-order valence-corrected chi connectivity index (χ1v) is 8.87. The second-order valence-electron chi connectivity index (χ2n) is 6.61. The minimum absolute atomic E-state index is 0.211. The zero-order valence-electron chi connectivity index (χ0n) is 14.8. The van der Waals surface area contributed by atoms with Gasteiger partial charge in [-0.3, -0.25) is 9.59 Å². The summed E-state index contributed by atoms with van der Waals surface area (Å²) >= 11 is 0. The second kappa shape index (κ2) is 8.45. The topological polar surface area (TPSA) is 73.2 Å². The molecule has 1 aliphatic rings. The quantitative estimate of drug-likeness (QED) is 0.850. The molecule has 2 unspecified atom stereocenters. The zero-order chi connectivity index (χ0) is 19.2. The van der Waals surface area contributed by atoms with Crippen LogP contribution >= 0.6 is 0 Å². The van der Waals surface area contributed by atoms with Gasteiger partial charge in [-0.15, -0.1) is 0 Å². The molecular weight excluding hydrogens is 345 g/mol. The Morgan fingerprint density at radius 3 is 2.70 bits per heavy atom. The maximum absolute atomic E-state index is 13.9. The van der Waals surface area contributed by atoms with Gasteiger partial charge >= 0.3 is 11.8 Å². The van der Waals surface area contributed by atoms with Gasteiger partial charge in [-0.2, -0.15) is 5.26 Å². The van der Waals surface area contributed by atoms with E-state index in [1.54, 1.807) is 18.2 Å². The number of carbonyl (C=O) groups excluding carboxylic acids is 2. The second-order valence-corrected chi connectivity index (χ2v) is 6.61. The van der Waals surface area contributed by atoms with E-state index in [1.807, 2.05) is 36.4 Å². The van der Waals surface area contributed by atoms with E-state index >= 15 is 0 Å². The van der Waals surface area contributed by atoms with Crippen LogP contribution in [0.1, 0.15) is 24.0 Å². The first kappa shape index (κ1) is 18.6. The predicted molar refractivity (Wildman–Crippen MR) is 99.6 cm³/mol. The van der Waals surface area contributed by atoms with Gasteiger partial charge in [-0.25, -0.2) is 4.39 Å². The van der Waals surface area contributed by atoms with Crippen molar-refractivity contribution < 1.29 is 14.0 Å². The van der Waals surface area contributed by atoms with Crippen LogP contribution in [0.3, 0.4) is 0 Å². The average molecular weight is 365 g/mol. The number of nitriles is 1. The Morgan fingerprint density at radius 2 is 1.96 bits per heavy atom. The number of amides is 2. The maximum Gasteiger partial charge on any atom is 0.313 e. The van der Waals surface area contributed by atoms with Crippen LogP contribution in [-0.4, -0.2) is 35.5 Å². The molecule has 1 N–H and O–H groups in total. The van der Waals surface area contributed by atoms with Crippen molar-refractivity contribution in [2.24, 2.45) is 0 Å². The van der Waals surface area contributed by atoms with E-state index < -0.39 is 18.0 Å². The van der Waals surface area contributed by atoms with Crippen LogP contribution in [0.25, 0.3) is 0 Å². The predicted octanol–water partition coefficient (Wildman–Crippen LogP) is 3.07. The van der Waals surface area contributed by atoms with Crippen molar-refractivity contribution >= 4 is 17.5 Å². The van der Waals surface area contributed by atoms with Gasteiger partial charge < -0.3 is 10.2 Å². The Hall–Kier alpha value is -3.20. The molecule has 0 bridgehead atoms. The summed E-state index contributed by atoms with van der Waals surface area (Å²) in [4.78, 5) is 26.6. The summed E-state index contributed by atoms with van der Waals surface area (Å²) in [5, 5.41) is 11.5. The van der Waals surface area contributed by atoms with Gasteiger partial charge in [0.1, 0.15) is 6.17 Å². The van der Waals surface area contributed by atoms with Crippen molar-refractivity contribution in [1.29, 1.82) is 5.26 Å². The van der Waals surface area contributed by atoms with Crippen LogP contribution < -0.4 is 5.32 Å². The summed E-state index contributed by atoms with van der Waals surface area (Å²) in [5.74, 6) is -1.45. The number of halogens is 1. The number of rotatable bonds is 3. The third-order valence-corrected chi connectivity index (χ3v) is 4.67. The van der Waals surface area contributed by atoms with Gasteiger partial charge in [-0.1, -0.05) is 36.4 Å². The van der Waals surface area contributed by atoms with E-state index in [0.717, 1.165) is 5.56 Å². The minimum Gasteiger partial charge on any atom is -0.331 e. The molecule has 138 valence electrons. The summed E-state index contributed by atoms with van der Waals surface area (Å²) in [6, 6.07) is 17.5. The lowest BCUT2D eigenvalue weighted by Gasteiger charge is -2.37. The standard InChI is InChI=1S/C21H20FN3O2/c22-17-9-10-25(19(13-17)12-15-5-2-1-3-6-15)21(27)20(26)24-18-8-4-7-16(11-18)14-23/h1-8,11,17,19H,9-10,12-13H2,(H,24,26). The molecule has 0 radical (unpaired) electrons. The molecule has 2 aromatic rings. The Morgan fingerprint density at radius 1 is 1.19 bits per heavy atom. The summed E-state index contributed by atoms with van der Waals surface area (Å²) in [5.41, 5.74) is 1.77. The third-order valence-electron chi connectivity index (χ3n) is 4.67. The highest BCUT2D eigenvalue weighted by atomic mass is 19.1. The van der Waals surface area contributed by atoms with Crippen molar-refractivity contribution in [2.75, 3.05) is 11.9 Å². The molecule has 1 fully saturated rings. The molecule has 1 saturated heterocycles. The van der Waals surface area contributed by atoms with Crippen LogP contribution in [0.4, 0.5) is 10.1 Å². The molecule has 0 spiro atoms. The maximum atomic E-state index is 13.9. The molecule has 27 heavy (non-hydrogen) atoms. The van der Waals surface area contributed by atoms with Crippen molar-refractivity contribution in [1.82, 2.24) is 4.90 Å². The fraction of sp³-hybridized carbons (Fsp3) is 0.286. The number of nitrogens with one attached hydrogen (secondary N) is 1. The van der Waals surface area contributed by atoms with Crippen LogP contribution in [0, 0.1) is 11.3 Å². The van der Waals surface area contributed by atoms with Gasteiger partial charge in [0.25, 0.3) is 0 Å². The molecule has 2 amide bonds. The lowest BCUT2D eigenvalue weighted by Crippen LogP contribution is -2.51. The molecule has 1 aliphatic heterocycles. The molecule has 6 heteroatoms. The first-order valence-electron chi connectivity index (χ1n) is 8.87. The molecule has 3 rings (SSSR count). The van der Waals surface area contributed by atoms with Crippen molar-refractivity contribution in [3.63, 3.8) is 0 Å². The molecule has 1 heterocycles. The molecule has 2 aromatic carbocycles. The number of piperidine rings is 1. The molecule has 0 aliphatic carbocycles. The van der Waals surface area contributed by atoms with Crippen molar-refractivity contribution in [2.45, 2.75) is 31.5 Å². The lowest BCUT2D eigenvalue weighted by atomic mass is 9.94. The highest BCUT2D eigenvalue weighted by Crippen LogP contribution is 2.24. The molecular formula is C21H20FN3O2. The number of benzene rings is 2. The number of hydrogen-bond donors (Lipinski definition) is 1. The Bertz CT molecular complexity index is 863. The van der Waals surface area contributed by atoms with E-state index in [-0.39, 0.29) is 25.4 Å². The summed E-state index contributed by atoms with van der Waals surface area (Å²) in [7, 11) is 0. The van der Waals surface area contributed by atoms with E-state index in [2.05, 4.69) is 5.32 Å². The van der Waals surface area contributed by atoms with Crippen LogP contribution in [-0.2, 0) is 16.0 Å². The highest BCUT2D eigenvalue weighted by molar-refractivity contribution is 6.39. The minimum atomic E-state index is -0.974. The summed E-state index contributed by atoms with van der Waals surface area (Å²) < 4.78 is 13.9. The van der Waals surface area contributed by atoms with E-state index in [0.29, 0.717) is 17.7 Å². The molecule has 5 nitrogen and oxygen atoms in total. The number of alkyl halides is 1. The summed E-state index contributed by atoms with van der Waals surface area (Å²) in [6.45, 7) is 0.211. The monoisotopic (exact) mass is 365 g/mol. The van der Waals surface area contributed by atoms with E-state index in [1.165, 1.54) is 11.0 Å². The lowest BCUT2D eigenvalue weighted by molar-refractivity contribution is -0.146. The highest BCUT2D eigenvalue weighted by Gasteiger charge is 2.34. The van der Waals surface area contributed by atoms with Crippen molar-refractivity contribution in [3.8, 4) is 6.07 Å². The first-order chi connectivity index (χ1) is 13.1. The third kappa shape index (κ3) is 4.70. The van der Waals surface area contributed by atoms with Gasteiger partial charge in [0.15, 0.2) is 0 Å². The molecule has 0 saturated carbocycles. The average Bonchev–Trinajstić information content (AvgIpc) is 2.68. The van der Waals surface area contributed by atoms with Crippen LogP contribution in [0.15, 0.2) is 54.6 Å². The number of nitrogens with zero attached hydrogens (tertiary/aromatic N) is 2. The Labute approximate surface area is 157 Å². The van der Waals surface area contributed by atoms with Gasteiger partial charge in [0.05, 0.1) is 11.6 Å².